The third-order valence-corrected chi connectivity index (χ3v) is 7.40. The Kier molecular flexibility index (Phi) is 7.82. The quantitative estimate of drug-likeness (QED) is 0.268. The van der Waals surface area contributed by atoms with Gasteiger partial charge < -0.3 is 14.3 Å². The number of ether oxygens (including phenoxy) is 1. The van der Waals surface area contributed by atoms with E-state index >= 15 is 0 Å². The molecule has 5 rings (SSSR count). The molecule has 1 aromatic heterocycles. The second kappa shape index (κ2) is 11.4. The van der Waals surface area contributed by atoms with Crippen molar-refractivity contribution in [2.75, 3.05) is 26.2 Å². The topological polar surface area (TPSA) is 62.9 Å². The molecule has 1 aliphatic heterocycles. The molecule has 4 aromatic rings. The second-order valence-electron chi connectivity index (χ2n) is 9.83. The lowest BCUT2D eigenvalue weighted by atomic mass is 9.92. The standard InChI is InChI=1S/C31H32ClNO4/c1-21-6-13-28(32)27(18-21)30-26(25-12-9-23(34)20-29(25)37-31(30)35)19-22-7-10-24(11-8-22)36-17-16-33-14-4-2-3-5-15-33/h6-13,18,20,34H,2-5,14-17,19H2,1H3. The maximum atomic E-state index is 13.2. The molecule has 0 radical (unpaired) electrons. The lowest BCUT2D eigenvalue weighted by Gasteiger charge is -2.19. The smallest absolute Gasteiger partial charge is 0.344 e. The molecule has 0 aliphatic carbocycles. The number of hydrogen-bond donors (Lipinski definition) is 1. The second-order valence-corrected chi connectivity index (χ2v) is 10.2. The van der Waals surface area contributed by atoms with Crippen LogP contribution in [0, 0.1) is 6.92 Å². The van der Waals surface area contributed by atoms with Gasteiger partial charge in [0.05, 0.1) is 5.56 Å². The number of aromatic hydroxyl groups is 1. The summed E-state index contributed by atoms with van der Waals surface area (Å²) in [6.45, 7) is 5.90. The van der Waals surface area contributed by atoms with Crippen LogP contribution < -0.4 is 10.4 Å². The molecular weight excluding hydrogens is 486 g/mol. The van der Waals surface area contributed by atoms with Crippen LogP contribution in [0.3, 0.4) is 0 Å². The monoisotopic (exact) mass is 517 g/mol. The minimum atomic E-state index is -0.478. The van der Waals surface area contributed by atoms with Gasteiger partial charge in [0.15, 0.2) is 0 Å². The molecule has 0 bridgehead atoms. The summed E-state index contributed by atoms with van der Waals surface area (Å²) in [5.41, 5.74) is 3.81. The number of phenolic OH excluding ortho intramolecular Hbond substituents is 1. The number of aryl methyl sites for hydroxylation is 1. The molecule has 3 aromatic carbocycles. The zero-order chi connectivity index (χ0) is 25.8. The van der Waals surface area contributed by atoms with Crippen LogP contribution in [-0.2, 0) is 6.42 Å². The van der Waals surface area contributed by atoms with Crippen LogP contribution in [0.1, 0.15) is 42.4 Å². The first-order valence-electron chi connectivity index (χ1n) is 13.0. The fourth-order valence-corrected chi connectivity index (χ4v) is 5.31. The number of halogens is 1. The van der Waals surface area contributed by atoms with Gasteiger partial charge in [-0.3, -0.25) is 4.90 Å². The Balaban J connectivity index is 1.42. The number of hydrogen-bond acceptors (Lipinski definition) is 5. The highest BCUT2D eigenvalue weighted by atomic mass is 35.5. The van der Waals surface area contributed by atoms with Crippen LogP contribution in [0.2, 0.25) is 5.02 Å². The molecule has 2 heterocycles. The Morgan fingerprint density at radius 3 is 2.49 bits per heavy atom. The zero-order valence-electron chi connectivity index (χ0n) is 21.1. The highest BCUT2D eigenvalue weighted by Gasteiger charge is 2.20. The van der Waals surface area contributed by atoms with Crippen molar-refractivity contribution < 1.29 is 14.3 Å². The van der Waals surface area contributed by atoms with Gasteiger partial charge in [-0.2, -0.15) is 0 Å². The molecule has 0 unspecified atom stereocenters. The molecule has 0 amide bonds. The molecule has 37 heavy (non-hydrogen) atoms. The van der Waals surface area contributed by atoms with Gasteiger partial charge in [0.1, 0.15) is 23.7 Å². The van der Waals surface area contributed by atoms with Crippen molar-refractivity contribution in [2.45, 2.75) is 39.0 Å². The normalized spacial score (nSPS) is 14.5. The predicted octanol–water partition coefficient (Wildman–Crippen LogP) is 6.97. The average Bonchev–Trinajstić information content (AvgIpc) is 3.15. The van der Waals surface area contributed by atoms with Crippen molar-refractivity contribution in [3.63, 3.8) is 0 Å². The number of fused-ring (bicyclic) bond motifs is 1. The van der Waals surface area contributed by atoms with Gasteiger partial charge in [0, 0.05) is 28.6 Å². The SMILES string of the molecule is Cc1ccc(Cl)c(-c2c(Cc3ccc(OCCN4CCCCCC4)cc3)c3ccc(O)cc3oc2=O)c1. The summed E-state index contributed by atoms with van der Waals surface area (Å²) in [7, 11) is 0. The highest BCUT2D eigenvalue weighted by Crippen LogP contribution is 2.35. The van der Waals surface area contributed by atoms with Crippen molar-refractivity contribution in [3.05, 3.63) is 92.8 Å². The van der Waals surface area contributed by atoms with Gasteiger partial charge in [-0.15, -0.1) is 0 Å². The summed E-state index contributed by atoms with van der Waals surface area (Å²) >= 11 is 6.55. The van der Waals surface area contributed by atoms with Gasteiger partial charge >= 0.3 is 5.63 Å². The first-order valence-corrected chi connectivity index (χ1v) is 13.3. The Labute approximate surface area is 222 Å². The number of nitrogens with zero attached hydrogens (tertiary/aromatic N) is 1. The Bertz CT molecular complexity index is 1440. The van der Waals surface area contributed by atoms with E-state index in [0.29, 0.717) is 34.8 Å². The highest BCUT2D eigenvalue weighted by molar-refractivity contribution is 6.33. The van der Waals surface area contributed by atoms with Crippen LogP contribution in [0.25, 0.3) is 22.1 Å². The number of benzene rings is 3. The van der Waals surface area contributed by atoms with Crippen molar-refractivity contribution in [1.29, 1.82) is 0 Å². The minimum absolute atomic E-state index is 0.0459. The van der Waals surface area contributed by atoms with E-state index in [0.717, 1.165) is 47.5 Å². The van der Waals surface area contributed by atoms with E-state index in [1.54, 1.807) is 18.2 Å². The third-order valence-electron chi connectivity index (χ3n) is 7.07. The van der Waals surface area contributed by atoms with Gasteiger partial charge in [-0.25, -0.2) is 4.79 Å². The maximum absolute atomic E-state index is 13.2. The summed E-state index contributed by atoms with van der Waals surface area (Å²) in [6.07, 6.45) is 5.71. The van der Waals surface area contributed by atoms with Crippen molar-refractivity contribution in [3.8, 4) is 22.6 Å². The van der Waals surface area contributed by atoms with Gasteiger partial charge in [0.2, 0.25) is 0 Å². The molecule has 1 aliphatic rings. The van der Waals surface area contributed by atoms with Crippen molar-refractivity contribution in [1.82, 2.24) is 4.90 Å². The first-order chi connectivity index (χ1) is 18.0. The van der Waals surface area contributed by atoms with Crippen LogP contribution in [0.5, 0.6) is 11.5 Å². The Morgan fingerprint density at radius 2 is 1.73 bits per heavy atom. The third kappa shape index (κ3) is 6.00. The first kappa shape index (κ1) is 25.4. The van der Waals surface area contributed by atoms with E-state index in [9.17, 15) is 9.90 Å². The summed E-state index contributed by atoms with van der Waals surface area (Å²) in [5, 5.41) is 11.2. The Hall–Kier alpha value is -3.28. The van der Waals surface area contributed by atoms with Crippen LogP contribution >= 0.6 is 11.6 Å². The van der Waals surface area contributed by atoms with Gasteiger partial charge in [0.25, 0.3) is 0 Å². The van der Waals surface area contributed by atoms with Gasteiger partial charge in [-0.05, 0) is 86.8 Å². The van der Waals surface area contributed by atoms with Gasteiger partial charge in [-0.1, -0.05) is 48.2 Å². The Morgan fingerprint density at radius 1 is 0.973 bits per heavy atom. The zero-order valence-corrected chi connectivity index (χ0v) is 21.9. The van der Waals surface area contributed by atoms with Crippen molar-refractivity contribution >= 4 is 22.6 Å². The molecular formula is C31H32ClNO4. The lowest BCUT2D eigenvalue weighted by molar-refractivity contribution is 0.214. The van der Waals surface area contributed by atoms with E-state index in [1.165, 1.54) is 31.7 Å². The molecule has 192 valence electrons. The van der Waals surface area contributed by atoms with E-state index in [1.807, 2.05) is 43.3 Å². The average molecular weight is 518 g/mol. The summed E-state index contributed by atoms with van der Waals surface area (Å²) in [5.74, 6) is 0.882. The molecule has 1 fully saturated rings. The molecule has 1 N–H and O–H groups in total. The minimum Gasteiger partial charge on any atom is -0.508 e. The molecule has 6 heteroatoms. The molecule has 0 atom stereocenters. The van der Waals surface area contributed by atoms with E-state index in [-0.39, 0.29) is 5.75 Å². The summed E-state index contributed by atoms with van der Waals surface area (Å²) in [6, 6.07) is 18.5. The maximum Gasteiger partial charge on any atom is 0.344 e. The largest absolute Gasteiger partial charge is 0.508 e. The van der Waals surface area contributed by atoms with E-state index in [2.05, 4.69) is 4.90 Å². The van der Waals surface area contributed by atoms with Crippen LogP contribution in [0.4, 0.5) is 0 Å². The fourth-order valence-electron chi connectivity index (χ4n) is 5.10. The van der Waals surface area contributed by atoms with E-state index < -0.39 is 5.63 Å². The molecule has 0 spiro atoms. The van der Waals surface area contributed by atoms with Crippen LogP contribution in [-0.4, -0.2) is 36.2 Å². The molecule has 0 saturated carbocycles. The number of phenols is 1. The number of rotatable bonds is 7. The van der Waals surface area contributed by atoms with Crippen LogP contribution in [0.15, 0.2) is 69.9 Å². The predicted molar refractivity (Wildman–Crippen MR) is 149 cm³/mol. The number of likely N-dealkylation sites (tertiary alicyclic amines) is 1. The fraction of sp³-hybridized carbons (Fsp3) is 0.323. The summed E-state index contributed by atoms with van der Waals surface area (Å²) < 4.78 is 11.7. The molecule has 5 nitrogen and oxygen atoms in total. The van der Waals surface area contributed by atoms with Crippen molar-refractivity contribution in [2.24, 2.45) is 0 Å². The lowest BCUT2D eigenvalue weighted by Crippen LogP contribution is -2.29. The molecule has 1 saturated heterocycles. The summed E-state index contributed by atoms with van der Waals surface area (Å²) in [4.78, 5) is 15.7. The van der Waals surface area contributed by atoms with E-state index in [4.69, 9.17) is 20.8 Å².